The van der Waals surface area contributed by atoms with Gasteiger partial charge >= 0.3 is 5.97 Å². The summed E-state index contributed by atoms with van der Waals surface area (Å²) >= 11 is 0. The number of ether oxygens (including phenoxy) is 3. The maximum absolute atomic E-state index is 12.5. The molecule has 4 atom stereocenters. The van der Waals surface area contributed by atoms with Crippen LogP contribution in [0.25, 0.3) is 11.1 Å². The van der Waals surface area contributed by atoms with E-state index in [1.807, 2.05) is 42.5 Å². The van der Waals surface area contributed by atoms with Crippen molar-refractivity contribution in [3.63, 3.8) is 0 Å². The second-order valence-corrected chi connectivity index (χ2v) is 13.0. The van der Waals surface area contributed by atoms with Gasteiger partial charge in [0.05, 0.1) is 25.4 Å². The van der Waals surface area contributed by atoms with Crippen molar-refractivity contribution in [1.29, 1.82) is 0 Å². The number of carboxylic acids is 1. The van der Waals surface area contributed by atoms with Crippen molar-refractivity contribution in [1.82, 2.24) is 10.2 Å². The van der Waals surface area contributed by atoms with Gasteiger partial charge in [-0.05, 0) is 60.0 Å². The number of methoxy groups -OCH3 is 1. The second-order valence-electron chi connectivity index (χ2n) is 13.0. The molecule has 2 fully saturated rings. The van der Waals surface area contributed by atoms with Crippen LogP contribution in [0.2, 0.25) is 0 Å². The molecule has 258 valence electrons. The monoisotopic (exact) mass is 658 g/mol. The fraction of sp³-hybridized carbons (Fsp3) is 0.487. The van der Waals surface area contributed by atoms with Crippen molar-refractivity contribution in [3.05, 3.63) is 95.1 Å². The number of carboxylic acid groups (broad SMARTS) is 1. The van der Waals surface area contributed by atoms with Crippen molar-refractivity contribution >= 4 is 11.9 Å². The number of aliphatic hydroxyl groups excluding tert-OH is 1. The number of aliphatic hydroxyl groups is 1. The Balaban J connectivity index is 1.24. The number of nitrogens with one attached hydrogen (secondary N) is 1. The van der Waals surface area contributed by atoms with Crippen LogP contribution in [0.15, 0.2) is 72.8 Å². The van der Waals surface area contributed by atoms with E-state index in [9.17, 15) is 14.7 Å². The summed E-state index contributed by atoms with van der Waals surface area (Å²) in [6.45, 7) is 3.03. The highest BCUT2D eigenvalue weighted by molar-refractivity contribution is 5.76. The smallest absolute Gasteiger partial charge is 0.303 e. The third kappa shape index (κ3) is 10.2. The Morgan fingerprint density at radius 1 is 0.917 bits per heavy atom. The molecule has 48 heavy (non-hydrogen) atoms. The van der Waals surface area contributed by atoms with Crippen molar-refractivity contribution in [2.45, 2.75) is 95.5 Å². The molecule has 0 bridgehead atoms. The molecule has 3 N–H and O–H groups in total. The zero-order valence-corrected chi connectivity index (χ0v) is 28.0. The highest BCUT2D eigenvalue weighted by atomic mass is 16.7. The van der Waals surface area contributed by atoms with Gasteiger partial charge in [-0.25, -0.2) is 0 Å². The molecule has 0 saturated carbocycles. The summed E-state index contributed by atoms with van der Waals surface area (Å²) in [7, 11) is 1.76. The van der Waals surface area contributed by atoms with Crippen LogP contribution in [0, 0.1) is 0 Å². The molecule has 9 heteroatoms. The molecule has 5 rings (SSSR count). The zero-order chi connectivity index (χ0) is 33.7. The molecule has 0 unspecified atom stereocenters. The lowest BCUT2D eigenvalue weighted by Gasteiger charge is -2.38. The maximum Gasteiger partial charge on any atom is 0.303 e. The quantitative estimate of drug-likeness (QED) is 0.140. The summed E-state index contributed by atoms with van der Waals surface area (Å²) in [5.74, 6) is -0.771. The Hall–Kier alpha value is -3.60. The summed E-state index contributed by atoms with van der Waals surface area (Å²) in [6, 6.07) is 24.8. The molecule has 3 aromatic rings. The van der Waals surface area contributed by atoms with Crippen LogP contribution in [-0.2, 0) is 37.0 Å². The van der Waals surface area contributed by atoms with E-state index < -0.39 is 12.3 Å². The number of amides is 1. The lowest BCUT2D eigenvalue weighted by molar-refractivity contribution is -0.253. The number of hydrogen-bond acceptors (Lipinski definition) is 7. The van der Waals surface area contributed by atoms with Gasteiger partial charge in [0, 0.05) is 51.1 Å². The van der Waals surface area contributed by atoms with Gasteiger partial charge in [0.2, 0.25) is 5.91 Å². The lowest BCUT2D eigenvalue weighted by Crippen LogP contribution is -2.42. The predicted octanol–water partition coefficient (Wildman–Crippen LogP) is 6.54. The summed E-state index contributed by atoms with van der Waals surface area (Å²) in [5, 5.41) is 21.4. The second kappa shape index (κ2) is 18.2. The van der Waals surface area contributed by atoms with E-state index in [0.717, 1.165) is 91.6 Å². The first-order valence-electron chi connectivity index (χ1n) is 17.3. The third-order valence-electron chi connectivity index (χ3n) is 9.44. The van der Waals surface area contributed by atoms with Gasteiger partial charge in [0.1, 0.15) is 0 Å². The Kier molecular flexibility index (Phi) is 13.6. The van der Waals surface area contributed by atoms with Gasteiger partial charge in [-0.15, -0.1) is 0 Å². The fourth-order valence-corrected chi connectivity index (χ4v) is 6.78. The number of unbranched alkanes of at least 4 members (excludes halogenated alkanes) is 3. The van der Waals surface area contributed by atoms with Crippen molar-refractivity contribution < 1.29 is 34.0 Å². The molecule has 2 aliphatic rings. The molecule has 0 spiro atoms. The molecular weight excluding hydrogens is 608 g/mol. The number of rotatable bonds is 17. The first-order valence-corrected chi connectivity index (χ1v) is 17.3. The van der Waals surface area contributed by atoms with Crippen LogP contribution in [0.4, 0.5) is 0 Å². The SMILES string of the molecule is COC[C@@H]1CCCN1C[C@@H]1C[C@H](c2ccc(CO)cc2)O[C@H](c2ccc(-c3ccccc3CNC(=O)CCCCCCC(=O)O)cc2)O1. The number of carbonyl (C=O) groups excluding carboxylic acids is 1. The molecule has 3 aromatic carbocycles. The van der Waals surface area contributed by atoms with E-state index in [-0.39, 0.29) is 31.1 Å². The molecule has 0 radical (unpaired) electrons. The van der Waals surface area contributed by atoms with Crippen LogP contribution in [0.5, 0.6) is 0 Å². The summed E-state index contributed by atoms with van der Waals surface area (Å²) in [6.07, 6.45) is 6.04. The van der Waals surface area contributed by atoms with Gasteiger partial charge in [0.25, 0.3) is 0 Å². The summed E-state index contributed by atoms with van der Waals surface area (Å²) in [4.78, 5) is 25.7. The van der Waals surface area contributed by atoms with Gasteiger partial charge in [0.15, 0.2) is 6.29 Å². The standard InChI is InChI=1S/C39H50N2O7/c1-46-27-33-10-8-22-41(33)25-34-23-36(30-16-14-28(26-42)15-17-30)48-39(47-34)31-20-18-29(19-21-31)35-11-7-6-9-32(35)24-40-37(43)12-4-2-3-5-13-38(44)45/h6-7,9,11,14-21,33-34,36,39,42H,2-5,8,10,12-13,22-27H2,1H3,(H,40,43)(H,44,45)/t33-,34-,36+,39+/m0/s1. The van der Waals surface area contributed by atoms with E-state index in [2.05, 4.69) is 40.5 Å². The molecule has 0 aromatic heterocycles. The maximum atomic E-state index is 12.5. The van der Waals surface area contributed by atoms with Gasteiger partial charge in [-0.2, -0.15) is 0 Å². The van der Waals surface area contributed by atoms with E-state index in [0.29, 0.717) is 25.4 Å². The highest BCUT2D eigenvalue weighted by Crippen LogP contribution is 2.39. The average Bonchev–Trinajstić information content (AvgIpc) is 3.55. The van der Waals surface area contributed by atoms with Crippen LogP contribution < -0.4 is 5.32 Å². The molecule has 2 heterocycles. The molecule has 2 aliphatic heterocycles. The van der Waals surface area contributed by atoms with Crippen LogP contribution in [0.3, 0.4) is 0 Å². The Labute approximate surface area is 284 Å². The van der Waals surface area contributed by atoms with E-state index >= 15 is 0 Å². The van der Waals surface area contributed by atoms with Crippen LogP contribution in [-0.4, -0.2) is 65.9 Å². The molecule has 1 amide bonds. The lowest BCUT2D eigenvalue weighted by atomic mass is 9.97. The van der Waals surface area contributed by atoms with Crippen LogP contribution in [0.1, 0.15) is 92.4 Å². The van der Waals surface area contributed by atoms with E-state index in [4.69, 9.17) is 19.3 Å². The Morgan fingerprint density at radius 2 is 1.65 bits per heavy atom. The fourth-order valence-electron chi connectivity index (χ4n) is 6.78. The zero-order valence-electron chi connectivity index (χ0n) is 28.0. The summed E-state index contributed by atoms with van der Waals surface area (Å²) < 4.78 is 18.7. The predicted molar refractivity (Wildman–Crippen MR) is 184 cm³/mol. The number of benzene rings is 3. The number of likely N-dealkylation sites (tertiary alicyclic amines) is 1. The first kappa shape index (κ1) is 35.7. The third-order valence-corrected chi connectivity index (χ3v) is 9.44. The van der Waals surface area contributed by atoms with E-state index in [1.165, 1.54) is 0 Å². The first-order chi connectivity index (χ1) is 23.4. The van der Waals surface area contributed by atoms with Crippen LogP contribution >= 0.6 is 0 Å². The van der Waals surface area contributed by atoms with Gasteiger partial charge in [-0.3, -0.25) is 14.5 Å². The minimum atomic E-state index is -0.773. The molecule has 9 nitrogen and oxygen atoms in total. The normalized spacial score (nSPS) is 21.3. The largest absolute Gasteiger partial charge is 0.481 e. The van der Waals surface area contributed by atoms with E-state index in [1.54, 1.807) is 7.11 Å². The minimum absolute atomic E-state index is 0.00237. The highest BCUT2D eigenvalue weighted by Gasteiger charge is 2.35. The van der Waals surface area contributed by atoms with Crippen molar-refractivity contribution in [2.24, 2.45) is 0 Å². The Bertz CT molecular complexity index is 1450. The molecule has 0 aliphatic carbocycles. The van der Waals surface area contributed by atoms with Crippen molar-refractivity contribution in [2.75, 3.05) is 26.8 Å². The number of carbonyl (C=O) groups is 2. The number of aliphatic carboxylic acids is 1. The molecule has 2 saturated heterocycles. The van der Waals surface area contributed by atoms with Crippen molar-refractivity contribution in [3.8, 4) is 11.1 Å². The minimum Gasteiger partial charge on any atom is -0.481 e. The average molecular weight is 659 g/mol. The molecular formula is C39H50N2O7. The Morgan fingerprint density at radius 3 is 2.38 bits per heavy atom. The van der Waals surface area contributed by atoms with Gasteiger partial charge in [-0.1, -0.05) is 85.6 Å². The topological polar surface area (TPSA) is 118 Å². The van der Waals surface area contributed by atoms with Gasteiger partial charge < -0.3 is 29.7 Å². The number of nitrogens with zero attached hydrogens (tertiary/aromatic N) is 1. The summed E-state index contributed by atoms with van der Waals surface area (Å²) in [5.41, 5.74) is 6.04. The number of hydrogen-bond donors (Lipinski definition) is 3.